The third-order valence-electron chi connectivity index (χ3n) is 2.93. The Labute approximate surface area is 149 Å². The van der Waals surface area contributed by atoms with Gasteiger partial charge in [0, 0.05) is 14.1 Å². The molecule has 0 radical (unpaired) electrons. The van der Waals surface area contributed by atoms with Crippen LogP contribution < -0.4 is 0 Å². The van der Waals surface area contributed by atoms with E-state index < -0.39 is 0 Å². The minimum Gasteiger partial charge on any atom is -0.311 e. The van der Waals surface area contributed by atoms with Crippen molar-refractivity contribution < 1.29 is 4.11 Å². The van der Waals surface area contributed by atoms with Gasteiger partial charge in [-0.05, 0) is 46.0 Å². The van der Waals surface area contributed by atoms with E-state index in [-0.39, 0.29) is 29.2 Å². The van der Waals surface area contributed by atoms with E-state index in [0.717, 1.165) is 0 Å². The second kappa shape index (κ2) is 6.17. The molecule has 1 aromatic carbocycles. The summed E-state index contributed by atoms with van der Waals surface area (Å²) in [5.74, 6) is 0. The van der Waals surface area contributed by atoms with Gasteiger partial charge in [0.15, 0.2) is 5.16 Å². The van der Waals surface area contributed by atoms with Crippen LogP contribution in [0.2, 0.25) is 0 Å². The average Bonchev–Trinajstić information content (AvgIpc) is 3.22. The van der Waals surface area contributed by atoms with Crippen molar-refractivity contribution in [3.8, 4) is 0 Å². The number of aromatic nitrogens is 9. The average molecular weight is 360 g/mol. The zero-order valence-corrected chi connectivity index (χ0v) is 14.1. The third-order valence-corrected chi connectivity index (χ3v) is 5.10. The summed E-state index contributed by atoms with van der Waals surface area (Å²) in [5, 5.41) is 21.3. The van der Waals surface area contributed by atoms with E-state index in [2.05, 4.69) is 35.7 Å². The largest absolute Gasteiger partial charge is 0.311 e. The van der Waals surface area contributed by atoms with E-state index >= 15 is 0 Å². The maximum atomic E-state index is 8.12. The van der Waals surface area contributed by atoms with Crippen molar-refractivity contribution in [2.75, 3.05) is 0 Å². The lowest BCUT2D eigenvalue weighted by molar-refractivity contribution is 0.663. The van der Waals surface area contributed by atoms with Gasteiger partial charge in [-0.2, -0.15) is 0 Å². The Bertz CT molecular complexity index is 1160. The molecular weight excluding hydrogens is 346 g/mol. The van der Waals surface area contributed by atoms with Crippen LogP contribution in [0.15, 0.2) is 50.9 Å². The number of rotatable bonds is 4. The molecule has 4 rings (SSSR count). The molecule has 0 aliphatic rings. The maximum Gasteiger partial charge on any atom is 0.215 e. The predicted molar refractivity (Wildman–Crippen MR) is 87.6 cm³/mol. The summed E-state index contributed by atoms with van der Waals surface area (Å²) >= 11 is 2.41. The summed E-state index contributed by atoms with van der Waals surface area (Å²) in [6, 6.07) is 1.17. The number of aryl methyl sites for hydroxylation is 2. The molecule has 0 unspecified atom stereocenters. The molecule has 0 fully saturated rings. The number of para-hydroxylation sites is 2. The number of hydrogen-bond donors (Lipinski definition) is 0. The van der Waals surface area contributed by atoms with Crippen LogP contribution in [-0.4, -0.2) is 44.9 Å². The SMILES string of the molecule is [2H]c1cc([2H])c2nc(Sc3nnnn3C)c(Sc3nncn3C)nc2c1[2H]. The Morgan fingerprint density at radius 2 is 1.75 bits per heavy atom. The molecule has 3 aromatic heterocycles. The molecule has 4 aromatic rings. The van der Waals surface area contributed by atoms with E-state index in [4.69, 9.17) is 4.11 Å². The Hall–Kier alpha value is -2.53. The second-order valence-electron chi connectivity index (χ2n) is 4.60. The van der Waals surface area contributed by atoms with Gasteiger partial charge >= 0.3 is 0 Å². The lowest BCUT2D eigenvalue weighted by Crippen LogP contribution is -1.97. The first-order chi connectivity index (χ1) is 12.9. The Morgan fingerprint density at radius 3 is 2.42 bits per heavy atom. The van der Waals surface area contributed by atoms with Gasteiger partial charge in [-0.1, -0.05) is 12.1 Å². The zero-order valence-electron chi connectivity index (χ0n) is 15.5. The van der Waals surface area contributed by atoms with Gasteiger partial charge in [0.05, 0.1) is 15.1 Å². The lowest BCUT2D eigenvalue weighted by atomic mass is 10.3. The van der Waals surface area contributed by atoms with Gasteiger partial charge in [-0.3, -0.25) is 0 Å². The van der Waals surface area contributed by atoms with Crippen molar-refractivity contribution in [1.29, 1.82) is 0 Å². The summed E-state index contributed by atoms with van der Waals surface area (Å²) in [4.78, 5) is 9.04. The predicted octanol–water partition coefficient (Wildman–Crippen LogP) is 1.58. The van der Waals surface area contributed by atoms with Crippen molar-refractivity contribution in [3.63, 3.8) is 0 Å². The highest BCUT2D eigenvalue weighted by atomic mass is 32.2. The molecule has 0 spiro atoms. The summed E-state index contributed by atoms with van der Waals surface area (Å²) < 4.78 is 27.3. The van der Waals surface area contributed by atoms with Gasteiger partial charge in [0.1, 0.15) is 16.4 Å². The highest BCUT2D eigenvalue weighted by molar-refractivity contribution is 8.02. The van der Waals surface area contributed by atoms with E-state index in [1.165, 1.54) is 34.3 Å². The number of benzene rings is 1. The molecule has 0 amide bonds. The monoisotopic (exact) mass is 360 g/mol. The summed E-state index contributed by atoms with van der Waals surface area (Å²) in [6.45, 7) is 0. The molecule has 0 N–H and O–H groups in total. The van der Waals surface area contributed by atoms with Crippen molar-refractivity contribution in [2.24, 2.45) is 14.1 Å². The van der Waals surface area contributed by atoms with Crippen LogP contribution in [0, 0.1) is 0 Å². The minimum atomic E-state index is -0.0785. The molecule has 0 aliphatic heterocycles. The number of nitrogens with zero attached hydrogens (tertiary/aromatic N) is 9. The molecule has 3 heterocycles. The van der Waals surface area contributed by atoms with E-state index in [1.807, 2.05) is 0 Å². The minimum absolute atomic E-state index is 0.0339. The Balaban J connectivity index is 1.91. The van der Waals surface area contributed by atoms with Crippen LogP contribution in [0.3, 0.4) is 0 Å². The molecule has 0 bridgehead atoms. The van der Waals surface area contributed by atoms with Crippen molar-refractivity contribution in [1.82, 2.24) is 44.9 Å². The highest BCUT2D eigenvalue weighted by Crippen LogP contribution is 2.35. The molecule has 0 aliphatic carbocycles. The second-order valence-corrected chi connectivity index (χ2v) is 6.51. The molecule has 0 saturated carbocycles. The number of hydrogen-bond acceptors (Lipinski definition) is 9. The molecular formula is C13H11N9S2. The smallest absolute Gasteiger partial charge is 0.215 e. The van der Waals surface area contributed by atoms with Crippen LogP contribution in [0.4, 0.5) is 0 Å². The lowest BCUT2D eigenvalue weighted by Gasteiger charge is -2.07. The number of tetrazole rings is 1. The topological polar surface area (TPSA) is 100 Å². The molecule has 120 valence electrons. The van der Waals surface area contributed by atoms with E-state index in [1.54, 1.807) is 25.0 Å². The van der Waals surface area contributed by atoms with Gasteiger partial charge in [-0.25, -0.2) is 14.6 Å². The number of fused-ring (bicyclic) bond motifs is 1. The summed E-state index contributed by atoms with van der Waals surface area (Å²) in [5.41, 5.74) is 0.438. The Morgan fingerprint density at radius 1 is 1.00 bits per heavy atom. The molecule has 11 heteroatoms. The first-order valence-electron chi connectivity index (χ1n) is 8.14. The molecule has 24 heavy (non-hydrogen) atoms. The first-order valence-corrected chi connectivity index (χ1v) is 8.28. The van der Waals surface area contributed by atoms with Crippen molar-refractivity contribution in [3.05, 3.63) is 30.5 Å². The molecule has 0 saturated heterocycles. The van der Waals surface area contributed by atoms with E-state index in [0.29, 0.717) is 20.4 Å². The standard InChI is InChI=1S/C13H11N9S2/c1-21-7-14-17-12(21)23-10-11(24-13-18-19-20-22(13)2)16-9-6-4-3-5-8(9)15-10/h3-7H,1-2H3/i3D,5D,6D. The molecule has 9 nitrogen and oxygen atoms in total. The van der Waals surface area contributed by atoms with Crippen LogP contribution in [-0.2, 0) is 14.1 Å². The highest BCUT2D eigenvalue weighted by Gasteiger charge is 2.17. The summed E-state index contributed by atoms with van der Waals surface area (Å²) in [7, 11) is 3.51. The van der Waals surface area contributed by atoms with Crippen molar-refractivity contribution in [2.45, 2.75) is 20.4 Å². The van der Waals surface area contributed by atoms with Crippen LogP contribution in [0.1, 0.15) is 4.11 Å². The fraction of sp³-hybridized carbons (Fsp3) is 0.154. The fourth-order valence-corrected chi connectivity index (χ4v) is 3.44. The maximum absolute atomic E-state index is 8.12. The molecule has 0 atom stereocenters. The van der Waals surface area contributed by atoms with Crippen LogP contribution in [0.5, 0.6) is 0 Å². The Kier molecular flexibility index (Phi) is 3.06. The quantitative estimate of drug-likeness (QED) is 0.537. The van der Waals surface area contributed by atoms with Crippen molar-refractivity contribution >= 4 is 34.6 Å². The van der Waals surface area contributed by atoms with Gasteiger partial charge < -0.3 is 4.57 Å². The van der Waals surface area contributed by atoms with Crippen LogP contribution >= 0.6 is 23.5 Å². The van der Waals surface area contributed by atoms with Gasteiger partial charge in [0.25, 0.3) is 0 Å². The van der Waals surface area contributed by atoms with Crippen LogP contribution in [0.25, 0.3) is 11.0 Å². The fourth-order valence-electron chi connectivity index (χ4n) is 1.78. The normalized spacial score (nSPS) is 13.0. The van der Waals surface area contributed by atoms with Gasteiger partial charge in [0.2, 0.25) is 5.16 Å². The third kappa shape index (κ3) is 2.83. The summed E-state index contributed by atoms with van der Waals surface area (Å²) in [6.07, 6.45) is 1.57. The first kappa shape index (κ1) is 11.9. The van der Waals surface area contributed by atoms with E-state index in [9.17, 15) is 0 Å². The zero-order chi connectivity index (χ0) is 19.1. The van der Waals surface area contributed by atoms with Gasteiger partial charge in [-0.15, -0.1) is 15.3 Å².